The fraction of sp³-hybridized carbons (Fsp3) is 1.00. The minimum absolute atomic E-state index is 0.00345. The van der Waals surface area contributed by atoms with Crippen LogP contribution in [0.5, 0.6) is 0 Å². The smallest absolute Gasteiger partial charge is 0.361 e. The standard InChI is InChI=1S/C13H19F5O2/c14-10-4-2-8(6-12(10)16)20-13(17,18)9-3-1-7(19)5-11(9)15/h7-12,19H,1-6H2. The number of aliphatic hydroxyl groups is 1. The molecule has 2 nitrogen and oxygen atoms in total. The van der Waals surface area contributed by atoms with Gasteiger partial charge in [0.15, 0.2) is 0 Å². The van der Waals surface area contributed by atoms with E-state index in [-0.39, 0.29) is 32.1 Å². The van der Waals surface area contributed by atoms with Crippen molar-refractivity contribution in [3.05, 3.63) is 0 Å². The number of halogens is 5. The second-order valence-electron chi connectivity index (χ2n) is 5.74. The van der Waals surface area contributed by atoms with Crippen LogP contribution in [0.4, 0.5) is 22.0 Å². The molecule has 2 aliphatic rings. The molecule has 2 saturated carbocycles. The van der Waals surface area contributed by atoms with E-state index in [2.05, 4.69) is 4.74 Å². The molecule has 0 aliphatic heterocycles. The molecule has 118 valence electrons. The molecular weight excluding hydrogens is 283 g/mol. The van der Waals surface area contributed by atoms with Gasteiger partial charge in [-0.25, -0.2) is 13.2 Å². The van der Waals surface area contributed by atoms with Crippen LogP contribution in [0.2, 0.25) is 0 Å². The van der Waals surface area contributed by atoms with Crippen LogP contribution in [-0.2, 0) is 4.74 Å². The minimum atomic E-state index is -3.72. The first kappa shape index (κ1) is 15.9. The highest BCUT2D eigenvalue weighted by Crippen LogP contribution is 2.41. The summed E-state index contributed by atoms with van der Waals surface area (Å²) >= 11 is 0. The van der Waals surface area contributed by atoms with Gasteiger partial charge in [-0.15, -0.1) is 0 Å². The summed E-state index contributed by atoms with van der Waals surface area (Å²) in [6.45, 7) is 0. The topological polar surface area (TPSA) is 29.5 Å². The van der Waals surface area contributed by atoms with Gasteiger partial charge in [0.2, 0.25) is 0 Å². The zero-order chi connectivity index (χ0) is 14.9. The van der Waals surface area contributed by atoms with Crippen LogP contribution in [0.25, 0.3) is 0 Å². The molecule has 6 atom stereocenters. The molecule has 0 spiro atoms. The van der Waals surface area contributed by atoms with Crippen molar-refractivity contribution in [3.8, 4) is 0 Å². The Morgan fingerprint density at radius 2 is 1.55 bits per heavy atom. The first-order valence-electron chi connectivity index (χ1n) is 6.95. The number of aliphatic hydroxyl groups excluding tert-OH is 1. The van der Waals surface area contributed by atoms with E-state index in [1.165, 1.54) is 0 Å². The SMILES string of the molecule is OC1CCC(C(F)(F)OC2CCC(F)C(F)C2)C(F)C1. The average Bonchev–Trinajstić information content (AvgIpc) is 2.33. The summed E-state index contributed by atoms with van der Waals surface area (Å²) in [7, 11) is 0. The fourth-order valence-electron chi connectivity index (χ4n) is 2.93. The minimum Gasteiger partial charge on any atom is -0.393 e. The Morgan fingerprint density at radius 3 is 2.15 bits per heavy atom. The van der Waals surface area contributed by atoms with Crippen molar-refractivity contribution < 1.29 is 31.8 Å². The Hall–Kier alpha value is -0.430. The summed E-state index contributed by atoms with van der Waals surface area (Å²) in [5.41, 5.74) is 0. The molecule has 1 N–H and O–H groups in total. The van der Waals surface area contributed by atoms with E-state index < -0.39 is 49.2 Å². The van der Waals surface area contributed by atoms with Crippen LogP contribution in [0.15, 0.2) is 0 Å². The summed E-state index contributed by atoms with van der Waals surface area (Å²) in [4.78, 5) is 0. The van der Waals surface area contributed by atoms with Crippen LogP contribution in [0, 0.1) is 5.92 Å². The Kier molecular flexibility index (Phi) is 4.89. The molecule has 0 aromatic carbocycles. The first-order chi connectivity index (χ1) is 9.29. The Labute approximate surface area is 114 Å². The predicted molar refractivity (Wildman–Crippen MR) is 61.7 cm³/mol. The van der Waals surface area contributed by atoms with Crippen molar-refractivity contribution in [2.75, 3.05) is 0 Å². The summed E-state index contributed by atoms with van der Waals surface area (Å²) in [5.74, 6) is -1.63. The zero-order valence-electron chi connectivity index (χ0n) is 11.0. The quantitative estimate of drug-likeness (QED) is 0.810. The predicted octanol–water partition coefficient (Wildman–Crippen LogP) is 3.32. The zero-order valence-corrected chi connectivity index (χ0v) is 11.0. The lowest BCUT2D eigenvalue weighted by atomic mass is 9.84. The molecule has 6 unspecified atom stereocenters. The van der Waals surface area contributed by atoms with Gasteiger partial charge in [-0.2, -0.15) is 8.78 Å². The van der Waals surface area contributed by atoms with Gasteiger partial charge >= 0.3 is 6.11 Å². The molecule has 2 rings (SSSR count). The molecule has 0 saturated heterocycles. The van der Waals surface area contributed by atoms with Gasteiger partial charge in [0.25, 0.3) is 0 Å². The highest BCUT2D eigenvalue weighted by atomic mass is 19.3. The van der Waals surface area contributed by atoms with Crippen LogP contribution in [-0.4, -0.2) is 41.9 Å². The van der Waals surface area contributed by atoms with Crippen LogP contribution in [0.3, 0.4) is 0 Å². The second-order valence-corrected chi connectivity index (χ2v) is 5.74. The van der Waals surface area contributed by atoms with Crippen LogP contribution in [0.1, 0.15) is 38.5 Å². The van der Waals surface area contributed by atoms with Crippen molar-refractivity contribution in [1.29, 1.82) is 0 Å². The lowest BCUT2D eigenvalue weighted by Crippen LogP contribution is -2.46. The van der Waals surface area contributed by atoms with E-state index in [4.69, 9.17) is 0 Å². The van der Waals surface area contributed by atoms with Gasteiger partial charge in [0.05, 0.1) is 18.1 Å². The first-order valence-corrected chi connectivity index (χ1v) is 6.95. The van der Waals surface area contributed by atoms with Gasteiger partial charge in [0.1, 0.15) is 18.5 Å². The highest BCUT2D eigenvalue weighted by Gasteiger charge is 2.50. The molecule has 0 amide bonds. The normalized spacial score (nSPS) is 43.5. The van der Waals surface area contributed by atoms with E-state index in [1.807, 2.05) is 0 Å². The number of alkyl halides is 5. The monoisotopic (exact) mass is 302 g/mol. The molecule has 0 aromatic heterocycles. The molecule has 0 heterocycles. The van der Waals surface area contributed by atoms with E-state index in [9.17, 15) is 27.1 Å². The summed E-state index contributed by atoms with van der Waals surface area (Å²) in [5, 5.41) is 9.23. The third kappa shape index (κ3) is 3.61. The largest absolute Gasteiger partial charge is 0.393 e. The van der Waals surface area contributed by atoms with Crippen molar-refractivity contribution in [2.45, 2.75) is 75.4 Å². The Bertz CT molecular complexity index is 328. The maximum absolute atomic E-state index is 13.9. The van der Waals surface area contributed by atoms with Gasteiger partial charge in [-0.1, -0.05) is 0 Å². The van der Waals surface area contributed by atoms with Crippen molar-refractivity contribution in [2.24, 2.45) is 5.92 Å². The van der Waals surface area contributed by atoms with E-state index in [1.54, 1.807) is 0 Å². The van der Waals surface area contributed by atoms with Gasteiger partial charge in [-0.3, -0.25) is 0 Å². The maximum Gasteiger partial charge on any atom is 0.361 e. The molecule has 0 bridgehead atoms. The third-order valence-corrected chi connectivity index (χ3v) is 4.15. The summed E-state index contributed by atoms with van der Waals surface area (Å²) in [6, 6.07) is 0. The molecule has 0 aromatic rings. The van der Waals surface area contributed by atoms with Gasteiger partial charge in [0, 0.05) is 12.8 Å². The number of hydrogen-bond acceptors (Lipinski definition) is 2. The van der Waals surface area contributed by atoms with E-state index >= 15 is 0 Å². The number of rotatable bonds is 3. The molecule has 2 aliphatic carbocycles. The van der Waals surface area contributed by atoms with Crippen molar-refractivity contribution in [1.82, 2.24) is 0 Å². The number of hydrogen-bond donors (Lipinski definition) is 1. The van der Waals surface area contributed by atoms with Crippen LogP contribution >= 0.6 is 0 Å². The average molecular weight is 302 g/mol. The molecular formula is C13H19F5O2. The summed E-state index contributed by atoms with van der Waals surface area (Å²) in [6.07, 6.45) is -12.0. The van der Waals surface area contributed by atoms with Crippen molar-refractivity contribution >= 4 is 0 Å². The number of ether oxygens (including phenoxy) is 1. The molecule has 0 radical (unpaired) electrons. The summed E-state index contributed by atoms with van der Waals surface area (Å²) < 4.78 is 72.2. The fourth-order valence-corrected chi connectivity index (χ4v) is 2.93. The molecule has 20 heavy (non-hydrogen) atoms. The molecule has 2 fully saturated rings. The van der Waals surface area contributed by atoms with Gasteiger partial charge < -0.3 is 9.84 Å². The van der Waals surface area contributed by atoms with Gasteiger partial charge in [-0.05, 0) is 25.7 Å². The Balaban J connectivity index is 1.93. The van der Waals surface area contributed by atoms with E-state index in [0.29, 0.717) is 0 Å². The second kappa shape index (κ2) is 6.13. The van der Waals surface area contributed by atoms with Crippen LogP contribution < -0.4 is 0 Å². The highest BCUT2D eigenvalue weighted by molar-refractivity contribution is 4.87. The lowest BCUT2D eigenvalue weighted by Gasteiger charge is -2.37. The Morgan fingerprint density at radius 1 is 0.850 bits per heavy atom. The van der Waals surface area contributed by atoms with Crippen molar-refractivity contribution in [3.63, 3.8) is 0 Å². The van der Waals surface area contributed by atoms with E-state index in [0.717, 1.165) is 0 Å². The maximum atomic E-state index is 13.9. The molecule has 7 heteroatoms. The lowest BCUT2D eigenvalue weighted by molar-refractivity contribution is -0.312. The third-order valence-electron chi connectivity index (χ3n) is 4.15.